The van der Waals surface area contributed by atoms with E-state index in [9.17, 15) is 9.59 Å². The fourth-order valence-corrected chi connectivity index (χ4v) is 4.04. The molecule has 2 heterocycles. The minimum absolute atomic E-state index is 0.00420. The van der Waals surface area contributed by atoms with Gasteiger partial charge in [-0.1, -0.05) is 18.2 Å². The van der Waals surface area contributed by atoms with Gasteiger partial charge in [-0.2, -0.15) is 0 Å². The molecule has 4 rings (SSSR count). The molecule has 0 bridgehead atoms. The lowest BCUT2D eigenvalue weighted by Gasteiger charge is -2.32. The summed E-state index contributed by atoms with van der Waals surface area (Å²) in [6.07, 6.45) is 1.98. The molecule has 2 saturated heterocycles. The summed E-state index contributed by atoms with van der Waals surface area (Å²) in [6.45, 7) is 4.46. The first-order valence-corrected chi connectivity index (χ1v) is 11.2. The molecular weight excluding hydrogens is 408 g/mol. The van der Waals surface area contributed by atoms with Crippen LogP contribution in [-0.2, 0) is 9.53 Å². The lowest BCUT2D eigenvalue weighted by atomic mass is 9.99. The smallest absolute Gasteiger partial charge is 0.260 e. The van der Waals surface area contributed by atoms with Crippen molar-refractivity contribution >= 4 is 11.8 Å². The summed E-state index contributed by atoms with van der Waals surface area (Å²) < 4.78 is 16.9. The number of carbonyl (C=O) groups excluding carboxylic acids is 2. The van der Waals surface area contributed by atoms with Crippen LogP contribution in [0.4, 0.5) is 0 Å². The average Bonchev–Trinajstić information content (AvgIpc) is 2.87. The van der Waals surface area contributed by atoms with Gasteiger partial charge in [0.2, 0.25) is 0 Å². The number of likely N-dealkylation sites (tertiary alicyclic amines) is 1. The number of rotatable bonds is 7. The monoisotopic (exact) mass is 438 g/mol. The minimum Gasteiger partial charge on any atom is -0.493 e. The predicted octanol–water partition coefficient (Wildman–Crippen LogP) is 2.86. The van der Waals surface area contributed by atoms with Gasteiger partial charge in [0.15, 0.2) is 6.61 Å². The summed E-state index contributed by atoms with van der Waals surface area (Å²) in [5, 5.41) is 0. The van der Waals surface area contributed by atoms with Crippen molar-refractivity contribution in [3.05, 3.63) is 60.2 Å². The lowest BCUT2D eigenvalue weighted by molar-refractivity contribution is -0.135. The Morgan fingerprint density at radius 2 is 1.59 bits per heavy atom. The van der Waals surface area contributed by atoms with Gasteiger partial charge in [-0.05, 0) is 49.2 Å². The molecule has 0 spiro atoms. The van der Waals surface area contributed by atoms with Crippen molar-refractivity contribution in [1.82, 2.24) is 9.80 Å². The number of benzene rings is 2. The zero-order valence-corrected chi connectivity index (χ0v) is 18.3. The van der Waals surface area contributed by atoms with E-state index in [2.05, 4.69) is 0 Å². The van der Waals surface area contributed by atoms with Crippen molar-refractivity contribution in [3.63, 3.8) is 0 Å². The van der Waals surface area contributed by atoms with Gasteiger partial charge in [0, 0.05) is 37.7 Å². The Morgan fingerprint density at radius 1 is 0.875 bits per heavy atom. The van der Waals surface area contributed by atoms with Crippen molar-refractivity contribution in [1.29, 1.82) is 0 Å². The van der Waals surface area contributed by atoms with E-state index in [0.717, 1.165) is 25.1 Å². The summed E-state index contributed by atoms with van der Waals surface area (Å²) in [5.41, 5.74) is 0.659. The van der Waals surface area contributed by atoms with Gasteiger partial charge in [0.1, 0.15) is 11.5 Å². The number of nitrogens with zero attached hydrogens (tertiary/aromatic N) is 2. The third-order valence-corrected chi connectivity index (χ3v) is 5.86. The number of amides is 2. The summed E-state index contributed by atoms with van der Waals surface area (Å²) in [4.78, 5) is 28.8. The number of carbonyl (C=O) groups is 2. The van der Waals surface area contributed by atoms with Crippen molar-refractivity contribution in [2.75, 3.05) is 52.6 Å². The lowest BCUT2D eigenvalue weighted by Crippen LogP contribution is -2.43. The molecule has 0 radical (unpaired) electrons. The first-order chi connectivity index (χ1) is 15.7. The first-order valence-electron chi connectivity index (χ1n) is 11.2. The van der Waals surface area contributed by atoms with Crippen LogP contribution in [0.3, 0.4) is 0 Å². The molecule has 0 aliphatic carbocycles. The molecule has 0 N–H and O–H groups in total. The van der Waals surface area contributed by atoms with Gasteiger partial charge in [-0.25, -0.2) is 0 Å². The van der Waals surface area contributed by atoms with E-state index in [1.165, 1.54) is 0 Å². The highest BCUT2D eigenvalue weighted by Crippen LogP contribution is 2.20. The van der Waals surface area contributed by atoms with Crippen LogP contribution in [0.2, 0.25) is 0 Å². The van der Waals surface area contributed by atoms with Crippen LogP contribution in [-0.4, -0.2) is 74.2 Å². The maximum atomic E-state index is 12.5. The van der Waals surface area contributed by atoms with Crippen LogP contribution in [0.5, 0.6) is 11.5 Å². The zero-order valence-electron chi connectivity index (χ0n) is 18.3. The van der Waals surface area contributed by atoms with Gasteiger partial charge in [0.25, 0.3) is 11.8 Å². The van der Waals surface area contributed by atoms with E-state index in [0.29, 0.717) is 50.8 Å². The Morgan fingerprint density at radius 3 is 2.34 bits per heavy atom. The van der Waals surface area contributed by atoms with Crippen LogP contribution >= 0.6 is 0 Å². The topological polar surface area (TPSA) is 68.3 Å². The number of para-hydroxylation sites is 1. The fraction of sp³-hybridized carbons (Fsp3) is 0.440. The van der Waals surface area contributed by atoms with Crippen LogP contribution in [0, 0.1) is 5.92 Å². The molecule has 2 amide bonds. The molecule has 2 aromatic carbocycles. The van der Waals surface area contributed by atoms with Gasteiger partial charge in [0.05, 0.1) is 19.8 Å². The standard InChI is InChI=1S/C25H30N2O5/c28-24(19-32-22-6-2-1-3-7-22)27-12-4-5-20(17-27)18-31-23-10-8-21(9-11-23)25(29)26-13-15-30-16-14-26/h1-3,6-11,20H,4-5,12-19H2/t20-/m0/s1. The van der Waals surface area contributed by atoms with Gasteiger partial charge >= 0.3 is 0 Å². The van der Waals surface area contributed by atoms with Crippen LogP contribution in [0.1, 0.15) is 23.2 Å². The van der Waals surface area contributed by atoms with E-state index in [1.54, 1.807) is 0 Å². The largest absolute Gasteiger partial charge is 0.493 e. The number of ether oxygens (including phenoxy) is 3. The van der Waals surface area contributed by atoms with Crippen molar-refractivity contribution in [2.45, 2.75) is 12.8 Å². The molecule has 32 heavy (non-hydrogen) atoms. The molecule has 2 aliphatic heterocycles. The normalized spacial score (nSPS) is 18.8. The Labute approximate surface area is 188 Å². The van der Waals surface area contributed by atoms with Gasteiger partial charge < -0.3 is 24.0 Å². The van der Waals surface area contributed by atoms with Gasteiger partial charge in [-0.15, -0.1) is 0 Å². The SMILES string of the molecule is O=C(COc1ccccc1)N1CCC[C@H](COc2ccc(C(=O)N3CCOCC3)cc2)C1. The molecular formula is C25H30N2O5. The third-order valence-electron chi connectivity index (χ3n) is 5.86. The number of hydrogen-bond donors (Lipinski definition) is 0. The molecule has 170 valence electrons. The highest BCUT2D eigenvalue weighted by molar-refractivity contribution is 5.94. The number of morpholine rings is 1. The Bertz CT molecular complexity index is 881. The fourth-order valence-electron chi connectivity index (χ4n) is 4.04. The Hall–Kier alpha value is -3.06. The van der Waals surface area contributed by atoms with Crippen LogP contribution in [0.15, 0.2) is 54.6 Å². The molecule has 2 aromatic rings. The van der Waals surface area contributed by atoms with Crippen LogP contribution < -0.4 is 9.47 Å². The highest BCUT2D eigenvalue weighted by Gasteiger charge is 2.24. The van der Waals surface area contributed by atoms with Crippen molar-refractivity contribution < 1.29 is 23.8 Å². The highest BCUT2D eigenvalue weighted by atomic mass is 16.5. The Balaban J connectivity index is 1.22. The van der Waals surface area contributed by atoms with Crippen molar-refractivity contribution in [3.8, 4) is 11.5 Å². The van der Waals surface area contributed by atoms with E-state index < -0.39 is 0 Å². The summed E-state index contributed by atoms with van der Waals surface area (Å²) in [5.74, 6) is 1.75. The molecule has 1 atom stereocenters. The van der Waals surface area contributed by atoms with Gasteiger partial charge in [-0.3, -0.25) is 9.59 Å². The second-order valence-corrected chi connectivity index (χ2v) is 8.19. The molecule has 7 nitrogen and oxygen atoms in total. The second kappa shape index (κ2) is 11.0. The summed E-state index contributed by atoms with van der Waals surface area (Å²) >= 11 is 0. The minimum atomic E-state index is 0.00420. The second-order valence-electron chi connectivity index (χ2n) is 8.19. The van der Waals surface area contributed by atoms with Crippen molar-refractivity contribution in [2.24, 2.45) is 5.92 Å². The quantitative estimate of drug-likeness (QED) is 0.665. The molecule has 0 aromatic heterocycles. The summed E-state index contributed by atoms with van der Waals surface area (Å²) in [7, 11) is 0. The van der Waals surface area contributed by atoms with E-state index >= 15 is 0 Å². The molecule has 2 fully saturated rings. The molecule has 0 unspecified atom stereocenters. The molecule has 2 aliphatic rings. The molecule has 7 heteroatoms. The first kappa shape index (κ1) is 22.1. The van der Waals surface area contributed by atoms with E-state index in [4.69, 9.17) is 14.2 Å². The maximum Gasteiger partial charge on any atom is 0.260 e. The maximum absolute atomic E-state index is 12.5. The number of piperidine rings is 1. The predicted molar refractivity (Wildman–Crippen MR) is 120 cm³/mol. The third kappa shape index (κ3) is 6.01. The van der Waals surface area contributed by atoms with Crippen LogP contribution in [0.25, 0.3) is 0 Å². The Kier molecular flexibility index (Phi) is 7.61. The average molecular weight is 439 g/mol. The summed E-state index contributed by atoms with van der Waals surface area (Å²) in [6, 6.07) is 16.7. The zero-order chi connectivity index (χ0) is 22.2. The number of hydrogen-bond acceptors (Lipinski definition) is 5. The van der Waals surface area contributed by atoms with E-state index in [-0.39, 0.29) is 24.3 Å². The van der Waals surface area contributed by atoms with E-state index in [1.807, 2.05) is 64.4 Å². The molecule has 0 saturated carbocycles.